The van der Waals surface area contributed by atoms with Crippen LogP contribution in [-0.4, -0.2) is 34.7 Å². The Morgan fingerprint density at radius 2 is 2.30 bits per heavy atom. The first-order valence-corrected chi connectivity index (χ1v) is 9.74. The lowest BCUT2D eigenvalue weighted by molar-refractivity contribution is -0.120. The monoisotopic (exact) mass is 352 g/mol. The molecule has 1 amide bonds. The van der Waals surface area contributed by atoms with Gasteiger partial charge in [-0.1, -0.05) is 0 Å². The Morgan fingerprint density at radius 3 is 3.13 bits per heavy atom. The summed E-state index contributed by atoms with van der Waals surface area (Å²) < 4.78 is 0. The molecule has 0 unspecified atom stereocenters. The van der Waals surface area contributed by atoms with Gasteiger partial charge < -0.3 is 16.0 Å². The van der Waals surface area contributed by atoms with Gasteiger partial charge in [-0.05, 0) is 24.8 Å². The highest BCUT2D eigenvalue weighted by Gasteiger charge is 2.20. The quantitative estimate of drug-likeness (QED) is 0.650. The number of hydrogen-bond donors (Lipinski definition) is 3. The van der Waals surface area contributed by atoms with Gasteiger partial charge in [-0.3, -0.25) is 9.59 Å². The summed E-state index contributed by atoms with van der Waals surface area (Å²) in [5.74, 6) is 2.00. The summed E-state index contributed by atoms with van der Waals surface area (Å²) in [7, 11) is 0. The molecule has 2 heterocycles. The Kier molecular flexibility index (Phi) is 5.34. The fourth-order valence-electron chi connectivity index (χ4n) is 2.75. The third-order valence-electron chi connectivity index (χ3n) is 3.80. The summed E-state index contributed by atoms with van der Waals surface area (Å²) in [5, 5.41) is 3.53. The van der Waals surface area contributed by atoms with Gasteiger partial charge in [0.05, 0.1) is 11.1 Å². The molecule has 1 aliphatic rings. The average Bonchev–Trinajstić information content (AvgIpc) is 3.09. The van der Waals surface area contributed by atoms with E-state index < -0.39 is 0 Å². The van der Waals surface area contributed by atoms with Gasteiger partial charge in [-0.25, -0.2) is 4.98 Å². The van der Waals surface area contributed by atoms with Crippen LogP contribution in [0.4, 0.5) is 0 Å². The molecular formula is C15H20N4O2S2. The number of carbonyl (C=O) groups excluding carboxylic acids is 1. The summed E-state index contributed by atoms with van der Waals surface area (Å²) in [6.45, 7) is 0.965. The number of aromatic amines is 1. The second-order valence-corrected chi connectivity index (χ2v) is 7.68. The highest BCUT2D eigenvalue weighted by molar-refractivity contribution is 7.98. The zero-order valence-corrected chi connectivity index (χ0v) is 14.4. The third kappa shape index (κ3) is 3.76. The van der Waals surface area contributed by atoms with E-state index in [2.05, 4.69) is 15.3 Å². The predicted octanol–water partition coefficient (Wildman–Crippen LogP) is 1.17. The number of amides is 1. The molecule has 2 aromatic heterocycles. The molecule has 3 rings (SSSR count). The molecule has 4 N–H and O–H groups in total. The molecule has 124 valence electrons. The number of carbonyl (C=O) groups is 1. The highest BCUT2D eigenvalue weighted by atomic mass is 32.2. The van der Waals surface area contributed by atoms with E-state index >= 15 is 0 Å². The van der Waals surface area contributed by atoms with E-state index in [0.717, 1.165) is 29.5 Å². The van der Waals surface area contributed by atoms with Gasteiger partial charge in [-0.2, -0.15) is 11.8 Å². The van der Waals surface area contributed by atoms with Crippen molar-refractivity contribution < 1.29 is 4.79 Å². The average molecular weight is 352 g/mol. The van der Waals surface area contributed by atoms with Gasteiger partial charge in [0.1, 0.15) is 10.7 Å². The highest BCUT2D eigenvalue weighted by Crippen LogP contribution is 2.34. The third-order valence-corrected chi connectivity index (χ3v) is 5.96. The van der Waals surface area contributed by atoms with Crippen molar-refractivity contribution in [3.8, 4) is 0 Å². The molecule has 0 fully saturated rings. The molecule has 0 aromatic carbocycles. The number of nitrogens with zero attached hydrogens (tertiary/aromatic N) is 1. The first kappa shape index (κ1) is 16.5. The van der Waals surface area contributed by atoms with Gasteiger partial charge in [0, 0.05) is 30.1 Å². The van der Waals surface area contributed by atoms with Crippen LogP contribution in [-0.2, 0) is 23.4 Å². The molecule has 0 bridgehead atoms. The maximum atomic E-state index is 12.3. The van der Waals surface area contributed by atoms with E-state index in [9.17, 15) is 9.59 Å². The molecule has 0 radical (unpaired) electrons. The van der Waals surface area contributed by atoms with Crippen molar-refractivity contribution in [2.75, 3.05) is 18.8 Å². The lowest BCUT2D eigenvalue weighted by Gasteiger charge is -2.04. The molecule has 0 saturated carbocycles. The minimum absolute atomic E-state index is 0.00883. The Bertz CT molecular complexity index is 769. The van der Waals surface area contributed by atoms with Gasteiger partial charge in [0.25, 0.3) is 5.56 Å². The van der Waals surface area contributed by atoms with Crippen LogP contribution in [0.25, 0.3) is 10.2 Å². The standard InChI is InChI=1S/C15H20N4O2S2/c16-5-6-17-12(20)4-7-22-8-11-18-14(21)13-9-2-1-3-10(9)23-15(13)19-11/h1-8,16H2,(H,17,20)(H,18,19,21). The van der Waals surface area contributed by atoms with Crippen molar-refractivity contribution in [3.63, 3.8) is 0 Å². The topological polar surface area (TPSA) is 101 Å². The van der Waals surface area contributed by atoms with Gasteiger partial charge in [0.2, 0.25) is 5.91 Å². The van der Waals surface area contributed by atoms with Crippen LogP contribution in [0.1, 0.15) is 29.1 Å². The van der Waals surface area contributed by atoms with Crippen molar-refractivity contribution >= 4 is 39.2 Å². The molecule has 0 spiro atoms. The first-order chi connectivity index (χ1) is 11.2. The molecule has 2 aromatic rings. The number of H-pyrrole nitrogens is 1. The van der Waals surface area contributed by atoms with Crippen LogP contribution in [0.3, 0.4) is 0 Å². The first-order valence-electron chi connectivity index (χ1n) is 7.77. The molecule has 0 aliphatic heterocycles. The second kappa shape index (κ2) is 7.46. The normalized spacial score (nSPS) is 13.4. The van der Waals surface area contributed by atoms with Gasteiger partial charge in [0.15, 0.2) is 0 Å². The maximum absolute atomic E-state index is 12.3. The largest absolute Gasteiger partial charge is 0.355 e. The summed E-state index contributed by atoms with van der Waals surface area (Å²) in [5.41, 5.74) is 6.51. The Hall–Kier alpha value is -1.38. The lowest BCUT2D eigenvalue weighted by atomic mass is 10.2. The number of aryl methyl sites for hydroxylation is 2. The minimum Gasteiger partial charge on any atom is -0.355 e. The second-order valence-electron chi connectivity index (χ2n) is 5.49. The summed E-state index contributed by atoms with van der Waals surface area (Å²) in [4.78, 5) is 33.4. The maximum Gasteiger partial charge on any atom is 0.259 e. The number of aromatic nitrogens is 2. The lowest BCUT2D eigenvalue weighted by Crippen LogP contribution is -2.29. The van der Waals surface area contributed by atoms with E-state index in [0.29, 0.717) is 36.8 Å². The molecule has 6 nitrogen and oxygen atoms in total. The van der Waals surface area contributed by atoms with Crippen LogP contribution in [0.2, 0.25) is 0 Å². The van der Waals surface area contributed by atoms with Crippen LogP contribution in [0.15, 0.2) is 4.79 Å². The van der Waals surface area contributed by atoms with Gasteiger partial charge >= 0.3 is 0 Å². The molecule has 8 heteroatoms. The van der Waals surface area contributed by atoms with E-state index in [1.165, 1.54) is 10.4 Å². The zero-order chi connectivity index (χ0) is 16.2. The number of nitrogens with one attached hydrogen (secondary N) is 2. The van der Waals surface area contributed by atoms with Crippen molar-refractivity contribution in [1.82, 2.24) is 15.3 Å². The summed E-state index contributed by atoms with van der Waals surface area (Å²) in [6.07, 6.45) is 3.65. The van der Waals surface area contributed by atoms with E-state index in [1.807, 2.05) is 0 Å². The number of rotatable bonds is 7. The van der Waals surface area contributed by atoms with E-state index in [1.54, 1.807) is 23.1 Å². The van der Waals surface area contributed by atoms with Crippen molar-refractivity contribution in [3.05, 3.63) is 26.6 Å². The van der Waals surface area contributed by atoms with E-state index in [4.69, 9.17) is 5.73 Å². The Labute approximate surface area is 142 Å². The summed E-state index contributed by atoms with van der Waals surface area (Å²) >= 11 is 3.25. The van der Waals surface area contributed by atoms with Crippen molar-refractivity contribution in [2.45, 2.75) is 31.4 Å². The van der Waals surface area contributed by atoms with Crippen LogP contribution in [0.5, 0.6) is 0 Å². The molecular weight excluding hydrogens is 332 g/mol. The van der Waals surface area contributed by atoms with Crippen LogP contribution in [0, 0.1) is 0 Å². The van der Waals surface area contributed by atoms with Crippen LogP contribution < -0.4 is 16.6 Å². The number of fused-ring (bicyclic) bond motifs is 3. The predicted molar refractivity (Wildman–Crippen MR) is 95.1 cm³/mol. The minimum atomic E-state index is -0.0225. The molecule has 0 saturated heterocycles. The number of hydrogen-bond acceptors (Lipinski definition) is 6. The summed E-state index contributed by atoms with van der Waals surface area (Å²) in [6, 6.07) is 0. The smallest absolute Gasteiger partial charge is 0.259 e. The molecule has 23 heavy (non-hydrogen) atoms. The van der Waals surface area contributed by atoms with Crippen molar-refractivity contribution in [1.29, 1.82) is 0 Å². The molecule has 1 aliphatic carbocycles. The number of thiophene rings is 1. The fraction of sp³-hybridized carbons (Fsp3) is 0.533. The van der Waals surface area contributed by atoms with Crippen LogP contribution >= 0.6 is 23.1 Å². The van der Waals surface area contributed by atoms with Gasteiger partial charge in [-0.15, -0.1) is 11.3 Å². The Morgan fingerprint density at radius 1 is 1.43 bits per heavy atom. The molecule has 0 atom stereocenters. The van der Waals surface area contributed by atoms with Crippen molar-refractivity contribution in [2.24, 2.45) is 5.73 Å². The fourth-order valence-corrected chi connectivity index (χ4v) is 4.83. The number of thioether (sulfide) groups is 1. The Balaban J connectivity index is 1.59. The number of nitrogens with two attached hydrogens (primary N) is 1. The SMILES string of the molecule is NCCNC(=O)CCSCc1nc2sc3c(c2c(=O)[nH]1)CCC3. The van der Waals surface area contributed by atoms with E-state index in [-0.39, 0.29) is 11.5 Å². The zero-order valence-electron chi connectivity index (χ0n) is 12.8.